The number of carbonyl (C=O) groups excluding carboxylic acids is 2. The number of anilines is 1. The molecule has 2 aromatic heterocycles. The number of benzene rings is 1. The van der Waals surface area contributed by atoms with Gasteiger partial charge in [0.1, 0.15) is 11.7 Å². The number of likely N-dealkylation sites (N-methyl/N-ethyl adjacent to an activating group) is 1. The molecule has 3 aromatic rings. The van der Waals surface area contributed by atoms with E-state index >= 15 is 0 Å². The molecule has 1 aliphatic heterocycles. The largest absolute Gasteiger partial charge is 0.472 e. The van der Waals surface area contributed by atoms with Crippen LogP contribution in [0.15, 0.2) is 61.1 Å². The molecule has 0 fully saturated rings. The highest BCUT2D eigenvalue weighted by Gasteiger charge is 2.35. The van der Waals surface area contributed by atoms with Gasteiger partial charge in [0.05, 0.1) is 24.8 Å². The highest BCUT2D eigenvalue weighted by Crippen LogP contribution is 2.31. The summed E-state index contributed by atoms with van der Waals surface area (Å²) in [4.78, 5) is 37.9. The second-order valence-corrected chi connectivity index (χ2v) is 9.83. The Bertz CT molecular complexity index is 1340. The lowest BCUT2D eigenvalue weighted by Crippen LogP contribution is -2.50. The summed E-state index contributed by atoms with van der Waals surface area (Å²) in [5, 5.41) is 12.4. The van der Waals surface area contributed by atoms with Crippen LogP contribution in [0.5, 0.6) is 5.88 Å². The number of carbonyl (C=O) groups is 2. The number of hydrogen-bond acceptors (Lipinski definition) is 6. The molecule has 0 radical (unpaired) electrons. The predicted molar refractivity (Wildman–Crippen MR) is 142 cm³/mol. The Labute approximate surface area is 229 Å². The molecule has 1 aromatic carbocycles. The number of rotatable bonds is 6. The Hall–Kier alpha value is -4.19. The van der Waals surface area contributed by atoms with Gasteiger partial charge in [0, 0.05) is 54.9 Å². The van der Waals surface area contributed by atoms with Crippen molar-refractivity contribution in [3.63, 3.8) is 0 Å². The average Bonchev–Trinajstić information content (AvgIpc) is 2.94. The Balaban J connectivity index is 1.57. The number of hydrogen-bond donors (Lipinski definition) is 2. The van der Waals surface area contributed by atoms with Crippen LogP contribution in [0.1, 0.15) is 29.8 Å². The molecule has 3 atom stereocenters. The number of nitrogens with zero attached hydrogens (tertiary/aromatic N) is 4. The zero-order chi connectivity index (χ0) is 29.0. The minimum Gasteiger partial charge on any atom is -0.472 e. The summed E-state index contributed by atoms with van der Waals surface area (Å²) in [6, 6.07) is 8.41. The fourth-order valence-corrected chi connectivity index (χ4v) is 4.33. The molecule has 2 N–H and O–H groups in total. The third-order valence-electron chi connectivity index (χ3n) is 6.78. The van der Waals surface area contributed by atoms with E-state index in [1.807, 2.05) is 13.0 Å². The van der Waals surface area contributed by atoms with E-state index in [1.54, 1.807) is 42.5 Å². The van der Waals surface area contributed by atoms with E-state index in [0.29, 0.717) is 5.56 Å². The molecule has 0 saturated carbocycles. The van der Waals surface area contributed by atoms with Crippen molar-refractivity contribution in [1.29, 1.82) is 0 Å². The number of halogens is 3. The maximum atomic E-state index is 13.6. The fraction of sp³-hybridized carbons (Fsp3) is 0.357. The van der Waals surface area contributed by atoms with Crippen molar-refractivity contribution in [3.8, 4) is 17.0 Å². The first-order chi connectivity index (χ1) is 19.0. The number of alkyl halides is 3. The van der Waals surface area contributed by atoms with Crippen LogP contribution in [0, 0.1) is 5.92 Å². The van der Waals surface area contributed by atoms with Crippen LogP contribution in [-0.2, 0) is 6.18 Å². The number of aliphatic hydroxyl groups excluding tert-OH is 1. The van der Waals surface area contributed by atoms with Crippen molar-refractivity contribution < 1.29 is 32.6 Å². The smallest absolute Gasteiger partial charge is 0.416 e. The fourth-order valence-electron chi connectivity index (χ4n) is 4.33. The highest BCUT2D eigenvalue weighted by molar-refractivity contribution is 5.98. The number of aromatic nitrogens is 2. The number of urea groups is 1. The summed E-state index contributed by atoms with van der Waals surface area (Å²) in [5.74, 6) is -0.512. The van der Waals surface area contributed by atoms with Gasteiger partial charge in [0.15, 0.2) is 0 Å². The molecule has 12 heteroatoms. The third-order valence-corrected chi connectivity index (χ3v) is 6.78. The third kappa shape index (κ3) is 6.50. The molecule has 212 valence electrons. The first kappa shape index (κ1) is 28.8. The number of fused-ring (bicyclic) bond motifs is 1. The first-order valence-electron chi connectivity index (χ1n) is 12.7. The van der Waals surface area contributed by atoms with Crippen LogP contribution in [0.25, 0.3) is 11.1 Å². The molecule has 1 aliphatic rings. The van der Waals surface area contributed by atoms with Crippen LogP contribution >= 0.6 is 0 Å². The molecular formula is C28H30F3N5O4. The molecule has 3 amide bonds. The minimum atomic E-state index is -4.48. The van der Waals surface area contributed by atoms with Gasteiger partial charge in [-0.25, -0.2) is 9.78 Å². The van der Waals surface area contributed by atoms with Gasteiger partial charge in [0.25, 0.3) is 5.91 Å². The number of amides is 3. The number of pyridine rings is 2. The van der Waals surface area contributed by atoms with E-state index in [4.69, 9.17) is 4.74 Å². The van der Waals surface area contributed by atoms with E-state index in [2.05, 4.69) is 15.3 Å². The zero-order valence-electron chi connectivity index (χ0n) is 22.2. The number of aliphatic hydroxyl groups is 1. The number of ether oxygens (including phenoxy) is 1. The van der Waals surface area contributed by atoms with Crippen molar-refractivity contribution in [1.82, 2.24) is 19.8 Å². The molecule has 0 unspecified atom stereocenters. The van der Waals surface area contributed by atoms with Gasteiger partial charge in [-0.05, 0) is 43.3 Å². The van der Waals surface area contributed by atoms with Crippen LogP contribution in [0.4, 0.5) is 23.7 Å². The maximum absolute atomic E-state index is 13.6. The van der Waals surface area contributed by atoms with Gasteiger partial charge in [-0.3, -0.25) is 9.78 Å². The first-order valence-corrected chi connectivity index (χ1v) is 12.7. The van der Waals surface area contributed by atoms with Crippen molar-refractivity contribution in [2.75, 3.05) is 32.1 Å². The van der Waals surface area contributed by atoms with Crippen molar-refractivity contribution in [2.45, 2.75) is 32.2 Å². The monoisotopic (exact) mass is 557 g/mol. The summed E-state index contributed by atoms with van der Waals surface area (Å²) in [6.07, 6.45) is -0.203. The maximum Gasteiger partial charge on any atom is 0.416 e. The van der Waals surface area contributed by atoms with Crippen LogP contribution in [0.2, 0.25) is 0 Å². The molecule has 0 aliphatic carbocycles. The lowest BCUT2D eigenvalue weighted by Gasteiger charge is -2.37. The topological polar surface area (TPSA) is 108 Å². The highest BCUT2D eigenvalue weighted by atomic mass is 19.4. The minimum absolute atomic E-state index is 0.0919. The zero-order valence-corrected chi connectivity index (χ0v) is 22.2. The summed E-state index contributed by atoms with van der Waals surface area (Å²) < 4.78 is 44.8. The van der Waals surface area contributed by atoms with Crippen molar-refractivity contribution >= 4 is 17.6 Å². The van der Waals surface area contributed by atoms with Gasteiger partial charge in [-0.15, -0.1) is 0 Å². The normalized spacial score (nSPS) is 18.2. The van der Waals surface area contributed by atoms with E-state index in [0.717, 1.165) is 17.7 Å². The van der Waals surface area contributed by atoms with E-state index in [9.17, 15) is 27.9 Å². The van der Waals surface area contributed by atoms with Crippen LogP contribution in [-0.4, -0.2) is 75.7 Å². The van der Waals surface area contributed by atoms with Crippen LogP contribution < -0.4 is 10.1 Å². The molecule has 3 heterocycles. The second-order valence-electron chi connectivity index (χ2n) is 9.83. The average molecular weight is 558 g/mol. The molecule has 0 spiro atoms. The molecule has 0 saturated heterocycles. The van der Waals surface area contributed by atoms with E-state index < -0.39 is 29.9 Å². The lowest BCUT2D eigenvalue weighted by molar-refractivity contribution is -0.137. The van der Waals surface area contributed by atoms with Gasteiger partial charge in [-0.2, -0.15) is 13.2 Å². The molecule has 9 nitrogen and oxygen atoms in total. The molecule has 40 heavy (non-hydrogen) atoms. The summed E-state index contributed by atoms with van der Waals surface area (Å²) in [6.45, 7) is 3.70. The van der Waals surface area contributed by atoms with Gasteiger partial charge in [-0.1, -0.05) is 13.0 Å². The van der Waals surface area contributed by atoms with E-state index in [-0.39, 0.29) is 48.7 Å². The lowest BCUT2D eigenvalue weighted by atomic mass is 9.99. The van der Waals surface area contributed by atoms with Crippen molar-refractivity contribution in [2.24, 2.45) is 5.92 Å². The molecular weight excluding hydrogens is 527 g/mol. The number of nitrogens with one attached hydrogen (secondary N) is 1. The van der Waals surface area contributed by atoms with Gasteiger partial charge in [0.2, 0.25) is 5.88 Å². The SMILES string of the molecule is C[C@@H]1CN([C@H](C)CO)C(=O)c2cc(-c3cccnc3)cnc2O[C@@H]1CN(C)C(=O)Nc1ccc(C(F)(F)F)cc1. The summed E-state index contributed by atoms with van der Waals surface area (Å²) in [5.41, 5.74) is 1.04. The Morgan fingerprint density at radius 1 is 1.23 bits per heavy atom. The summed E-state index contributed by atoms with van der Waals surface area (Å²) >= 11 is 0. The quantitative estimate of drug-likeness (QED) is 0.461. The second kappa shape index (κ2) is 11.9. The Kier molecular flexibility index (Phi) is 8.58. The molecule has 4 rings (SSSR count). The standard InChI is InChI=1S/C28H30F3N5O4/c1-17-14-36(18(2)16-37)26(38)23-11-20(19-5-4-10-32-12-19)13-33-25(23)40-24(17)15-35(3)27(39)34-22-8-6-21(7-9-22)28(29,30)31/h4-13,17-18,24,37H,14-16H2,1-3H3,(H,34,39)/t17-,18-,24-/m1/s1. The van der Waals surface area contributed by atoms with Gasteiger partial charge < -0.3 is 25.0 Å². The summed E-state index contributed by atoms with van der Waals surface area (Å²) in [7, 11) is 1.54. The van der Waals surface area contributed by atoms with Gasteiger partial charge >= 0.3 is 12.2 Å². The molecule has 0 bridgehead atoms. The van der Waals surface area contributed by atoms with Crippen LogP contribution in [0.3, 0.4) is 0 Å². The van der Waals surface area contributed by atoms with Crippen molar-refractivity contribution in [3.05, 3.63) is 72.2 Å². The predicted octanol–water partition coefficient (Wildman–Crippen LogP) is 4.55. The Morgan fingerprint density at radius 2 is 1.95 bits per heavy atom. The Morgan fingerprint density at radius 3 is 2.58 bits per heavy atom. The van der Waals surface area contributed by atoms with E-state index in [1.165, 1.54) is 24.1 Å².